The lowest BCUT2D eigenvalue weighted by Crippen LogP contribution is -2.46. The second-order valence-electron chi connectivity index (χ2n) is 7.30. The average Bonchev–Trinajstić information content (AvgIpc) is 2.74. The van der Waals surface area contributed by atoms with Gasteiger partial charge in [0.2, 0.25) is 0 Å². The standard InChI is InChI=1S/C23H38O5/c1-5-6-7-8-9-13-16-19(26-2)17-20(27-3)23(28-4)22(25)21(24)18-14-11-10-12-15-18/h10-12,14-15,19-20,22-23,25H,5-9,13,16-17H2,1-4H3. The van der Waals surface area contributed by atoms with Gasteiger partial charge in [-0.15, -0.1) is 0 Å². The Bertz CT molecular complexity index is 519. The van der Waals surface area contributed by atoms with Crippen molar-refractivity contribution in [1.29, 1.82) is 0 Å². The van der Waals surface area contributed by atoms with Gasteiger partial charge in [-0.25, -0.2) is 0 Å². The number of rotatable bonds is 16. The van der Waals surface area contributed by atoms with Crippen molar-refractivity contribution < 1.29 is 24.1 Å². The van der Waals surface area contributed by atoms with Crippen molar-refractivity contribution in [3.05, 3.63) is 35.9 Å². The highest BCUT2D eigenvalue weighted by atomic mass is 16.5. The fraction of sp³-hybridized carbons (Fsp3) is 0.696. The number of unbranched alkanes of at least 4 members (excludes halogenated alkanes) is 5. The van der Waals surface area contributed by atoms with E-state index in [4.69, 9.17) is 14.2 Å². The van der Waals surface area contributed by atoms with Crippen LogP contribution >= 0.6 is 0 Å². The van der Waals surface area contributed by atoms with E-state index in [1.807, 2.05) is 6.07 Å². The molecule has 0 aliphatic heterocycles. The van der Waals surface area contributed by atoms with Crippen molar-refractivity contribution >= 4 is 5.78 Å². The van der Waals surface area contributed by atoms with Crippen molar-refractivity contribution in [2.75, 3.05) is 21.3 Å². The third-order valence-electron chi connectivity index (χ3n) is 5.29. The zero-order valence-electron chi connectivity index (χ0n) is 17.9. The smallest absolute Gasteiger partial charge is 0.194 e. The Balaban J connectivity index is 2.61. The molecule has 4 atom stereocenters. The average molecular weight is 395 g/mol. The van der Waals surface area contributed by atoms with E-state index in [1.165, 1.54) is 39.2 Å². The van der Waals surface area contributed by atoms with Crippen LogP contribution in [0.4, 0.5) is 0 Å². The molecule has 0 aliphatic carbocycles. The van der Waals surface area contributed by atoms with Crippen LogP contribution in [0.2, 0.25) is 0 Å². The number of Topliss-reactive ketones (excluding diaryl/α,β-unsaturated/α-hetero) is 1. The third kappa shape index (κ3) is 8.39. The molecule has 0 aliphatic rings. The molecule has 0 spiro atoms. The topological polar surface area (TPSA) is 65.0 Å². The van der Waals surface area contributed by atoms with E-state index in [0.29, 0.717) is 12.0 Å². The summed E-state index contributed by atoms with van der Waals surface area (Å²) in [5.74, 6) is -0.362. The summed E-state index contributed by atoms with van der Waals surface area (Å²) in [5.41, 5.74) is 0.460. The summed E-state index contributed by atoms with van der Waals surface area (Å²) in [6.07, 6.45) is 6.41. The molecule has 0 heterocycles. The highest BCUT2D eigenvalue weighted by Gasteiger charge is 2.35. The van der Waals surface area contributed by atoms with Crippen LogP contribution in [0, 0.1) is 0 Å². The van der Waals surface area contributed by atoms with Crippen molar-refractivity contribution in [1.82, 2.24) is 0 Å². The van der Waals surface area contributed by atoms with E-state index in [-0.39, 0.29) is 11.9 Å². The summed E-state index contributed by atoms with van der Waals surface area (Å²) in [5, 5.41) is 10.6. The first-order valence-corrected chi connectivity index (χ1v) is 10.4. The van der Waals surface area contributed by atoms with E-state index in [2.05, 4.69) is 6.92 Å². The minimum atomic E-state index is -1.29. The number of ether oxygens (including phenoxy) is 3. The van der Waals surface area contributed by atoms with E-state index < -0.39 is 18.3 Å². The molecule has 1 aromatic rings. The molecule has 160 valence electrons. The van der Waals surface area contributed by atoms with Gasteiger partial charge in [0.05, 0.1) is 12.2 Å². The zero-order chi connectivity index (χ0) is 20.8. The van der Waals surface area contributed by atoms with Gasteiger partial charge in [0.15, 0.2) is 5.78 Å². The van der Waals surface area contributed by atoms with Crippen LogP contribution in [-0.4, -0.2) is 56.6 Å². The first-order chi connectivity index (χ1) is 13.6. The Hall–Kier alpha value is -1.27. The summed E-state index contributed by atoms with van der Waals surface area (Å²) in [6, 6.07) is 8.77. The molecule has 1 aromatic carbocycles. The molecule has 0 amide bonds. The minimum absolute atomic E-state index is 0.00722. The van der Waals surface area contributed by atoms with Crippen molar-refractivity contribution in [3.63, 3.8) is 0 Å². The van der Waals surface area contributed by atoms with Crippen molar-refractivity contribution in [2.45, 2.75) is 82.7 Å². The quantitative estimate of drug-likeness (QED) is 0.332. The van der Waals surface area contributed by atoms with Gasteiger partial charge >= 0.3 is 0 Å². The number of hydrogen-bond donors (Lipinski definition) is 1. The molecule has 1 N–H and O–H groups in total. The predicted octanol–water partition coefficient (Wildman–Crippen LogP) is 4.42. The van der Waals surface area contributed by atoms with Crippen LogP contribution in [0.3, 0.4) is 0 Å². The summed E-state index contributed by atoms with van der Waals surface area (Å²) >= 11 is 0. The number of aliphatic hydroxyl groups is 1. The van der Waals surface area contributed by atoms with E-state index >= 15 is 0 Å². The van der Waals surface area contributed by atoms with Gasteiger partial charge in [-0.2, -0.15) is 0 Å². The third-order valence-corrected chi connectivity index (χ3v) is 5.29. The molecule has 0 aromatic heterocycles. The monoisotopic (exact) mass is 394 g/mol. The molecule has 5 heteroatoms. The van der Waals surface area contributed by atoms with E-state index in [0.717, 1.165) is 12.8 Å². The van der Waals surface area contributed by atoms with Gasteiger partial charge in [0.25, 0.3) is 0 Å². The second-order valence-corrected chi connectivity index (χ2v) is 7.30. The number of hydrogen-bond acceptors (Lipinski definition) is 5. The fourth-order valence-corrected chi connectivity index (χ4v) is 3.51. The lowest BCUT2D eigenvalue weighted by molar-refractivity contribution is -0.0999. The van der Waals surface area contributed by atoms with Gasteiger partial charge in [-0.1, -0.05) is 75.8 Å². The SMILES string of the molecule is CCCCCCCCC(CC(OC)C(OC)C(O)C(=O)c1ccccc1)OC. The predicted molar refractivity (Wildman–Crippen MR) is 112 cm³/mol. The molecule has 1 rings (SSSR count). The van der Waals surface area contributed by atoms with Crippen LogP contribution in [0.15, 0.2) is 30.3 Å². The number of carbonyl (C=O) groups excluding carboxylic acids is 1. The zero-order valence-corrected chi connectivity index (χ0v) is 17.9. The Labute approximate surface area is 170 Å². The molecule has 0 saturated heterocycles. The summed E-state index contributed by atoms with van der Waals surface area (Å²) in [4.78, 5) is 12.6. The molecular weight excluding hydrogens is 356 g/mol. The molecule has 0 fully saturated rings. The van der Waals surface area contributed by atoms with E-state index in [1.54, 1.807) is 38.5 Å². The molecule has 0 bridgehead atoms. The molecular formula is C23H38O5. The minimum Gasteiger partial charge on any atom is -0.382 e. The van der Waals surface area contributed by atoms with Gasteiger partial charge < -0.3 is 19.3 Å². The number of aliphatic hydroxyl groups excluding tert-OH is 1. The van der Waals surface area contributed by atoms with Crippen LogP contribution < -0.4 is 0 Å². The fourth-order valence-electron chi connectivity index (χ4n) is 3.51. The Morgan fingerprint density at radius 2 is 1.57 bits per heavy atom. The Morgan fingerprint density at radius 1 is 0.929 bits per heavy atom. The first-order valence-electron chi connectivity index (χ1n) is 10.4. The van der Waals surface area contributed by atoms with Crippen LogP contribution in [-0.2, 0) is 14.2 Å². The molecule has 28 heavy (non-hydrogen) atoms. The normalized spacial score (nSPS) is 15.8. The summed E-state index contributed by atoms with van der Waals surface area (Å²) < 4.78 is 16.7. The molecule has 0 radical (unpaired) electrons. The molecule has 5 nitrogen and oxygen atoms in total. The maximum atomic E-state index is 12.6. The van der Waals surface area contributed by atoms with Gasteiger partial charge in [0, 0.05) is 33.3 Å². The van der Waals surface area contributed by atoms with E-state index in [9.17, 15) is 9.90 Å². The lowest BCUT2D eigenvalue weighted by Gasteiger charge is -2.30. The highest BCUT2D eigenvalue weighted by molar-refractivity contribution is 5.99. The second kappa shape index (κ2) is 14.7. The van der Waals surface area contributed by atoms with Crippen molar-refractivity contribution in [3.8, 4) is 0 Å². The lowest BCUT2D eigenvalue weighted by atomic mass is 9.94. The molecule has 0 saturated carbocycles. The largest absolute Gasteiger partial charge is 0.382 e. The first kappa shape index (κ1) is 24.8. The number of carbonyl (C=O) groups is 1. The van der Waals surface area contributed by atoms with Gasteiger partial charge in [-0.05, 0) is 6.42 Å². The van der Waals surface area contributed by atoms with Gasteiger partial charge in [0.1, 0.15) is 12.2 Å². The van der Waals surface area contributed by atoms with Crippen molar-refractivity contribution in [2.24, 2.45) is 0 Å². The van der Waals surface area contributed by atoms with Gasteiger partial charge in [-0.3, -0.25) is 4.79 Å². The highest BCUT2D eigenvalue weighted by Crippen LogP contribution is 2.21. The maximum absolute atomic E-state index is 12.6. The maximum Gasteiger partial charge on any atom is 0.194 e. The van der Waals surface area contributed by atoms with Crippen LogP contribution in [0.1, 0.15) is 68.6 Å². The van der Waals surface area contributed by atoms with Crippen LogP contribution in [0.25, 0.3) is 0 Å². The summed E-state index contributed by atoms with van der Waals surface area (Å²) in [7, 11) is 4.77. The number of methoxy groups -OCH3 is 3. The number of ketones is 1. The Morgan fingerprint density at radius 3 is 2.14 bits per heavy atom. The summed E-state index contributed by atoms with van der Waals surface area (Å²) in [6.45, 7) is 2.22. The Kier molecular flexibility index (Phi) is 13.0. The molecule has 4 unspecified atom stereocenters. The van der Waals surface area contributed by atoms with Crippen LogP contribution in [0.5, 0.6) is 0 Å². The number of benzene rings is 1.